The molecule has 10 heteroatoms. The van der Waals surface area contributed by atoms with E-state index in [4.69, 9.17) is 9.47 Å². The largest absolute Gasteiger partial charge is 0.495 e. The number of hydrazine groups is 1. The van der Waals surface area contributed by atoms with E-state index in [2.05, 4.69) is 16.9 Å². The molecule has 1 amide bonds. The molecule has 33 heavy (non-hydrogen) atoms. The van der Waals surface area contributed by atoms with Crippen LogP contribution < -0.4 is 20.5 Å². The molecule has 2 N–H and O–H groups in total. The minimum atomic E-state index is -3.73. The van der Waals surface area contributed by atoms with Crippen molar-refractivity contribution in [2.45, 2.75) is 29.8 Å². The third kappa shape index (κ3) is 4.13. The number of benzene rings is 2. The molecular weight excluding hydrogens is 444 g/mol. The summed E-state index contributed by atoms with van der Waals surface area (Å²) < 4.78 is 38.7. The molecule has 0 aromatic heterocycles. The second-order valence-corrected chi connectivity index (χ2v) is 10.3. The molecule has 9 nitrogen and oxygen atoms in total. The Morgan fingerprint density at radius 1 is 1.09 bits per heavy atom. The van der Waals surface area contributed by atoms with E-state index in [1.807, 2.05) is 29.2 Å². The first-order chi connectivity index (χ1) is 16.0. The molecule has 2 unspecified atom stereocenters. The Labute approximate surface area is 193 Å². The first-order valence-corrected chi connectivity index (χ1v) is 12.6. The highest BCUT2D eigenvalue weighted by Crippen LogP contribution is 2.34. The first kappa shape index (κ1) is 22.3. The average molecular weight is 473 g/mol. The third-order valence-electron chi connectivity index (χ3n) is 6.53. The van der Waals surface area contributed by atoms with Gasteiger partial charge in [0.2, 0.25) is 15.9 Å². The van der Waals surface area contributed by atoms with Crippen LogP contribution in [-0.4, -0.2) is 64.6 Å². The molecule has 0 bridgehead atoms. The number of nitrogens with one attached hydrogen (secondary N) is 2. The number of sulfonamides is 1. The van der Waals surface area contributed by atoms with Gasteiger partial charge in [0.1, 0.15) is 16.7 Å². The van der Waals surface area contributed by atoms with Crippen molar-refractivity contribution in [3.8, 4) is 5.75 Å². The van der Waals surface area contributed by atoms with Crippen molar-refractivity contribution >= 4 is 21.6 Å². The van der Waals surface area contributed by atoms with E-state index in [1.165, 1.54) is 17.0 Å². The molecule has 0 radical (unpaired) electrons. The maximum Gasteiger partial charge on any atom is 0.246 e. The van der Waals surface area contributed by atoms with Gasteiger partial charge >= 0.3 is 0 Å². The summed E-state index contributed by atoms with van der Waals surface area (Å²) in [5, 5.41) is 0. The fraction of sp³-hybridized carbons (Fsp3) is 0.435. The lowest BCUT2D eigenvalue weighted by molar-refractivity contribution is -0.120. The maximum absolute atomic E-state index is 13.3. The van der Waals surface area contributed by atoms with Crippen LogP contribution in [0.1, 0.15) is 23.6 Å². The molecule has 3 heterocycles. The number of anilines is 1. The normalized spacial score (nSPS) is 23.5. The predicted molar refractivity (Wildman–Crippen MR) is 122 cm³/mol. The zero-order valence-electron chi connectivity index (χ0n) is 18.5. The number of ether oxygens (including phenoxy) is 2. The molecule has 3 aliphatic rings. The number of morpholine rings is 1. The van der Waals surface area contributed by atoms with Gasteiger partial charge in [-0.15, -0.1) is 0 Å². The molecule has 0 spiro atoms. The molecule has 2 aromatic carbocycles. The molecule has 3 aliphatic heterocycles. The summed E-state index contributed by atoms with van der Waals surface area (Å²) >= 11 is 0. The minimum absolute atomic E-state index is 0.0182. The molecule has 2 saturated heterocycles. The highest BCUT2D eigenvalue weighted by atomic mass is 32.2. The molecule has 176 valence electrons. The van der Waals surface area contributed by atoms with Gasteiger partial charge in [0.25, 0.3) is 0 Å². The van der Waals surface area contributed by atoms with Crippen LogP contribution >= 0.6 is 0 Å². The van der Waals surface area contributed by atoms with Crippen LogP contribution in [-0.2, 0) is 26.0 Å². The lowest BCUT2D eigenvalue weighted by Crippen LogP contribution is -2.45. The van der Waals surface area contributed by atoms with Crippen LogP contribution in [0.3, 0.4) is 0 Å². The summed E-state index contributed by atoms with van der Waals surface area (Å²) in [6.45, 7) is 2.04. The lowest BCUT2D eigenvalue weighted by atomic mass is 10.0. The van der Waals surface area contributed by atoms with Crippen molar-refractivity contribution in [3.63, 3.8) is 0 Å². The smallest absolute Gasteiger partial charge is 0.246 e. The minimum Gasteiger partial charge on any atom is -0.495 e. The number of hydrogen-bond acceptors (Lipinski definition) is 7. The maximum atomic E-state index is 13.3. The van der Waals surface area contributed by atoms with Crippen molar-refractivity contribution in [1.82, 2.24) is 15.2 Å². The summed E-state index contributed by atoms with van der Waals surface area (Å²) in [7, 11) is -2.26. The Morgan fingerprint density at radius 3 is 2.67 bits per heavy atom. The highest BCUT2D eigenvalue weighted by Gasteiger charge is 2.37. The van der Waals surface area contributed by atoms with Gasteiger partial charge in [-0.05, 0) is 42.2 Å². The second-order valence-electron chi connectivity index (χ2n) is 8.42. The van der Waals surface area contributed by atoms with Gasteiger partial charge in [-0.2, -0.15) is 4.31 Å². The predicted octanol–water partition coefficient (Wildman–Crippen LogP) is 1.21. The quantitative estimate of drug-likeness (QED) is 0.675. The fourth-order valence-electron chi connectivity index (χ4n) is 4.73. The monoisotopic (exact) mass is 472 g/mol. The van der Waals surface area contributed by atoms with Gasteiger partial charge in [-0.25, -0.2) is 19.3 Å². The molecule has 5 rings (SSSR count). The van der Waals surface area contributed by atoms with Crippen LogP contribution in [0.2, 0.25) is 0 Å². The number of methoxy groups -OCH3 is 1. The van der Waals surface area contributed by atoms with Crippen molar-refractivity contribution in [2.75, 3.05) is 44.9 Å². The van der Waals surface area contributed by atoms with E-state index in [-0.39, 0.29) is 16.8 Å². The molecule has 2 fully saturated rings. The standard InChI is InChI=1S/C23H28N4O5S/c1-31-21-7-6-17(14-22(21)33(29,30)26-10-12-32-13-11-26)18-15-19(25-24-18)23(28)27-9-8-16-4-2-3-5-20(16)27/h2-7,14,18-19,24-25H,8-13,15H2,1H3. The van der Waals surface area contributed by atoms with Crippen molar-refractivity contribution in [1.29, 1.82) is 0 Å². The molecule has 0 saturated carbocycles. The van der Waals surface area contributed by atoms with Crippen LogP contribution in [0.5, 0.6) is 5.75 Å². The number of carbonyl (C=O) groups excluding carboxylic acids is 1. The number of carbonyl (C=O) groups is 1. The molecule has 0 aliphatic carbocycles. The van der Waals surface area contributed by atoms with Crippen LogP contribution in [0, 0.1) is 0 Å². The summed E-state index contributed by atoms with van der Waals surface area (Å²) in [5.74, 6) is 0.321. The summed E-state index contributed by atoms with van der Waals surface area (Å²) in [6, 6.07) is 12.5. The number of fused-ring (bicyclic) bond motifs is 1. The van der Waals surface area contributed by atoms with Crippen molar-refractivity contribution in [3.05, 3.63) is 53.6 Å². The lowest BCUT2D eigenvalue weighted by Gasteiger charge is -2.27. The fourth-order valence-corrected chi connectivity index (χ4v) is 6.33. The van der Waals surface area contributed by atoms with E-state index in [1.54, 1.807) is 12.1 Å². The van der Waals surface area contributed by atoms with Gasteiger partial charge in [-0.1, -0.05) is 24.3 Å². The summed E-state index contributed by atoms with van der Waals surface area (Å²) in [4.78, 5) is 15.2. The van der Waals surface area contributed by atoms with E-state index in [0.717, 1.165) is 17.7 Å². The van der Waals surface area contributed by atoms with Crippen LogP contribution in [0.25, 0.3) is 0 Å². The summed E-state index contributed by atoms with van der Waals surface area (Å²) in [6.07, 6.45) is 1.37. The first-order valence-electron chi connectivity index (χ1n) is 11.1. The van der Waals surface area contributed by atoms with E-state index >= 15 is 0 Å². The zero-order chi connectivity index (χ0) is 23.0. The number of amides is 1. The van der Waals surface area contributed by atoms with Gasteiger partial charge in [-0.3, -0.25) is 4.79 Å². The topological polar surface area (TPSA) is 100 Å². The van der Waals surface area contributed by atoms with Gasteiger partial charge in [0.05, 0.1) is 20.3 Å². The highest BCUT2D eigenvalue weighted by molar-refractivity contribution is 7.89. The Hall–Kier alpha value is -2.50. The second kappa shape index (κ2) is 9.03. The molecule has 2 atom stereocenters. The van der Waals surface area contributed by atoms with Gasteiger partial charge in [0.15, 0.2) is 0 Å². The Balaban J connectivity index is 1.35. The number of nitrogens with zero attached hydrogens (tertiary/aromatic N) is 2. The number of para-hydroxylation sites is 1. The molecular formula is C23H28N4O5S. The Morgan fingerprint density at radius 2 is 1.88 bits per heavy atom. The van der Waals surface area contributed by atoms with Gasteiger partial charge in [0, 0.05) is 31.4 Å². The number of rotatable bonds is 5. The zero-order valence-corrected chi connectivity index (χ0v) is 19.3. The van der Waals surface area contributed by atoms with Crippen molar-refractivity contribution in [2.24, 2.45) is 0 Å². The summed E-state index contributed by atoms with van der Waals surface area (Å²) in [5.41, 5.74) is 9.23. The third-order valence-corrected chi connectivity index (χ3v) is 8.45. The average Bonchev–Trinajstić information content (AvgIpc) is 3.52. The van der Waals surface area contributed by atoms with E-state index in [0.29, 0.717) is 45.0 Å². The molecule has 2 aromatic rings. The SMILES string of the molecule is COc1ccc(C2CC(C(=O)N3CCc4ccccc43)NN2)cc1S(=O)(=O)N1CCOCC1. The van der Waals surface area contributed by atoms with E-state index in [9.17, 15) is 13.2 Å². The Bertz CT molecular complexity index is 1150. The van der Waals surface area contributed by atoms with E-state index < -0.39 is 16.1 Å². The van der Waals surface area contributed by atoms with Gasteiger partial charge < -0.3 is 14.4 Å². The van der Waals surface area contributed by atoms with Crippen molar-refractivity contribution < 1.29 is 22.7 Å². The van der Waals surface area contributed by atoms with Crippen LogP contribution in [0.4, 0.5) is 5.69 Å². The number of hydrogen-bond donors (Lipinski definition) is 2. The Kier molecular flexibility index (Phi) is 6.11. The van der Waals surface area contributed by atoms with Crippen LogP contribution in [0.15, 0.2) is 47.4 Å².